The van der Waals surface area contributed by atoms with E-state index in [1.165, 1.54) is 6.07 Å². The molecule has 2 aromatic carbocycles. The molecule has 6 nitrogen and oxygen atoms in total. The summed E-state index contributed by atoms with van der Waals surface area (Å²) in [6.45, 7) is 1.62. The van der Waals surface area contributed by atoms with Crippen LogP contribution >= 0.6 is 0 Å². The van der Waals surface area contributed by atoms with E-state index in [1.54, 1.807) is 25.3 Å². The number of aromatic nitrogens is 2. The number of benzene rings is 2. The van der Waals surface area contributed by atoms with Gasteiger partial charge in [-0.25, -0.2) is 9.78 Å². The number of nitrogens with zero attached hydrogens (tertiary/aromatic N) is 1. The third kappa shape index (κ3) is 3.23. The molecule has 0 aliphatic rings. The molecule has 0 saturated carbocycles. The van der Waals surface area contributed by atoms with E-state index in [9.17, 15) is 14.7 Å². The van der Waals surface area contributed by atoms with E-state index in [0.29, 0.717) is 16.8 Å². The molecule has 0 fully saturated rings. The number of anilines is 1. The zero-order chi connectivity index (χ0) is 19.7. The second-order valence-corrected chi connectivity index (χ2v) is 6.45. The molecule has 138 valence electrons. The van der Waals surface area contributed by atoms with Crippen LogP contribution in [0.1, 0.15) is 26.3 Å². The van der Waals surface area contributed by atoms with Crippen LogP contribution in [0.25, 0.3) is 22.3 Å². The number of H-pyrrole nitrogens is 1. The van der Waals surface area contributed by atoms with Gasteiger partial charge in [-0.15, -0.1) is 0 Å². The Kier molecular flexibility index (Phi) is 4.37. The Morgan fingerprint density at radius 1 is 1.00 bits per heavy atom. The summed E-state index contributed by atoms with van der Waals surface area (Å²) >= 11 is 0. The van der Waals surface area contributed by atoms with Crippen molar-refractivity contribution < 1.29 is 14.7 Å². The number of carboxylic acid groups (broad SMARTS) is 1. The van der Waals surface area contributed by atoms with Crippen molar-refractivity contribution in [1.82, 2.24) is 9.97 Å². The van der Waals surface area contributed by atoms with Crippen molar-refractivity contribution in [2.75, 3.05) is 5.32 Å². The lowest BCUT2D eigenvalue weighted by Gasteiger charge is -2.09. The summed E-state index contributed by atoms with van der Waals surface area (Å²) in [6, 6.07) is 18.4. The van der Waals surface area contributed by atoms with Gasteiger partial charge < -0.3 is 15.4 Å². The number of hydrogen-bond acceptors (Lipinski definition) is 3. The number of rotatable bonds is 4. The predicted molar refractivity (Wildman–Crippen MR) is 108 cm³/mol. The first-order valence-corrected chi connectivity index (χ1v) is 8.71. The summed E-state index contributed by atoms with van der Waals surface area (Å²) in [4.78, 5) is 31.6. The molecule has 0 spiro atoms. The van der Waals surface area contributed by atoms with Gasteiger partial charge in [0.1, 0.15) is 5.65 Å². The summed E-state index contributed by atoms with van der Waals surface area (Å²) in [5, 5.41) is 12.9. The standard InChI is InChI=1S/C22H17N3O3/c1-13-17(8-5-9-18(13)22(27)28)21(26)24-16-10-15-11-19(25-20(15)23-12-16)14-6-3-2-4-7-14/h2-12H,1H3,(H,23,25)(H,24,26)(H,27,28). The molecule has 0 unspecified atom stereocenters. The first-order valence-electron chi connectivity index (χ1n) is 8.71. The molecular formula is C22H17N3O3. The van der Waals surface area contributed by atoms with Crippen molar-refractivity contribution in [2.24, 2.45) is 0 Å². The van der Waals surface area contributed by atoms with E-state index in [4.69, 9.17) is 0 Å². The van der Waals surface area contributed by atoms with Crippen LogP contribution in [0.3, 0.4) is 0 Å². The van der Waals surface area contributed by atoms with Crippen LogP contribution in [0.15, 0.2) is 66.9 Å². The lowest BCUT2D eigenvalue weighted by molar-refractivity contribution is 0.0696. The highest BCUT2D eigenvalue weighted by molar-refractivity contribution is 6.07. The molecule has 4 rings (SSSR count). The van der Waals surface area contributed by atoms with Gasteiger partial charge in [0.2, 0.25) is 0 Å². The smallest absolute Gasteiger partial charge is 0.335 e. The molecule has 2 heterocycles. The van der Waals surface area contributed by atoms with Gasteiger partial charge in [0.25, 0.3) is 5.91 Å². The molecule has 2 aromatic heterocycles. The Morgan fingerprint density at radius 2 is 1.75 bits per heavy atom. The van der Waals surface area contributed by atoms with Gasteiger partial charge in [0.05, 0.1) is 17.4 Å². The van der Waals surface area contributed by atoms with Gasteiger partial charge in [-0.3, -0.25) is 4.79 Å². The second kappa shape index (κ2) is 7.00. The highest BCUT2D eigenvalue weighted by Gasteiger charge is 2.16. The fourth-order valence-electron chi connectivity index (χ4n) is 3.17. The van der Waals surface area contributed by atoms with E-state index < -0.39 is 5.97 Å². The maximum absolute atomic E-state index is 12.6. The van der Waals surface area contributed by atoms with Crippen molar-refractivity contribution >= 4 is 28.6 Å². The first kappa shape index (κ1) is 17.5. The largest absolute Gasteiger partial charge is 0.478 e. The van der Waals surface area contributed by atoms with Crippen LogP contribution in [0, 0.1) is 6.92 Å². The van der Waals surface area contributed by atoms with Crippen LogP contribution in [-0.2, 0) is 0 Å². The topological polar surface area (TPSA) is 95.1 Å². The van der Waals surface area contributed by atoms with E-state index in [1.807, 2.05) is 42.5 Å². The van der Waals surface area contributed by atoms with E-state index in [2.05, 4.69) is 15.3 Å². The minimum absolute atomic E-state index is 0.111. The van der Waals surface area contributed by atoms with Gasteiger partial charge in [0, 0.05) is 16.6 Å². The van der Waals surface area contributed by atoms with Crippen LogP contribution in [-0.4, -0.2) is 27.0 Å². The van der Waals surface area contributed by atoms with Crippen molar-refractivity contribution in [1.29, 1.82) is 0 Å². The lowest BCUT2D eigenvalue weighted by atomic mass is 10.0. The van der Waals surface area contributed by atoms with Crippen molar-refractivity contribution in [3.05, 3.63) is 83.6 Å². The molecule has 28 heavy (non-hydrogen) atoms. The molecule has 0 aliphatic heterocycles. The van der Waals surface area contributed by atoms with Gasteiger partial charge in [0.15, 0.2) is 0 Å². The van der Waals surface area contributed by atoms with E-state index in [-0.39, 0.29) is 11.5 Å². The molecule has 0 radical (unpaired) electrons. The fraction of sp³-hybridized carbons (Fsp3) is 0.0455. The maximum Gasteiger partial charge on any atom is 0.335 e. The molecule has 0 saturated heterocycles. The third-order valence-corrected chi connectivity index (χ3v) is 4.62. The molecule has 0 aliphatic carbocycles. The number of carbonyl (C=O) groups is 2. The zero-order valence-corrected chi connectivity index (χ0v) is 15.1. The number of fused-ring (bicyclic) bond motifs is 1. The normalized spacial score (nSPS) is 10.8. The van der Waals surface area contributed by atoms with Gasteiger partial charge in [-0.2, -0.15) is 0 Å². The molecule has 0 bridgehead atoms. The van der Waals surface area contributed by atoms with Crippen LogP contribution in [0.4, 0.5) is 5.69 Å². The number of hydrogen-bond donors (Lipinski definition) is 3. The number of aromatic amines is 1. The second-order valence-electron chi connectivity index (χ2n) is 6.45. The Labute approximate surface area is 160 Å². The molecule has 6 heteroatoms. The summed E-state index contributed by atoms with van der Waals surface area (Å²) in [6.07, 6.45) is 1.57. The van der Waals surface area contributed by atoms with Gasteiger partial charge in [-0.1, -0.05) is 36.4 Å². The summed E-state index contributed by atoms with van der Waals surface area (Å²) < 4.78 is 0. The third-order valence-electron chi connectivity index (χ3n) is 4.62. The minimum atomic E-state index is -1.06. The number of aromatic carboxylic acids is 1. The van der Waals surface area contributed by atoms with Gasteiger partial charge >= 0.3 is 5.97 Å². The SMILES string of the molecule is Cc1c(C(=O)O)cccc1C(=O)Nc1cnc2[nH]c(-c3ccccc3)cc2c1. The first-order chi connectivity index (χ1) is 13.5. The number of amides is 1. The van der Waals surface area contributed by atoms with Crippen LogP contribution in [0.2, 0.25) is 0 Å². The quantitative estimate of drug-likeness (QED) is 0.493. The van der Waals surface area contributed by atoms with Gasteiger partial charge in [-0.05, 0) is 42.3 Å². The average molecular weight is 371 g/mol. The lowest BCUT2D eigenvalue weighted by Crippen LogP contribution is -2.15. The van der Waals surface area contributed by atoms with Crippen LogP contribution in [0.5, 0.6) is 0 Å². The molecule has 1 amide bonds. The van der Waals surface area contributed by atoms with Crippen LogP contribution < -0.4 is 5.32 Å². The molecule has 4 aromatic rings. The fourth-order valence-corrected chi connectivity index (χ4v) is 3.17. The number of carboxylic acids is 1. The molecule has 3 N–H and O–H groups in total. The average Bonchev–Trinajstić information content (AvgIpc) is 3.12. The van der Waals surface area contributed by atoms with Crippen molar-refractivity contribution in [3.8, 4) is 11.3 Å². The Balaban J connectivity index is 1.63. The Hall–Kier alpha value is -3.93. The number of carbonyl (C=O) groups excluding carboxylic acids is 1. The molecular weight excluding hydrogens is 354 g/mol. The van der Waals surface area contributed by atoms with E-state index in [0.717, 1.165) is 22.3 Å². The summed E-state index contributed by atoms with van der Waals surface area (Å²) in [7, 11) is 0. The monoisotopic (exact) mass is 371 g/mol. The zero-order valence-electron chi connectivity index (χ0n) is 15.1. The van der Waals surface area contributed by atoms with Crippen molar-refractivity contribution in [3.63, 3.8) is 0 Å². The Bertz CT molecular complexity index is 1200. The number of nitrogens with one attached hydrogen (secondary N) is 2. The number of pyridine rings is 1. The summed E-state index contributed by atoms with van der Waals surface area (Å²) in [5.74, 6) is -1.43. The van der Waals surface area contributed by atoms with E-state index >= 15 is 0 Å². The predicted octanol–water partition coefficient (Wildman–Crippen LogP) is 4.49. The highest BCUT2D eigenvalue weighted by atomic mass is 16.4. The highest BCUT2D eigenvalue weighted by Crippen LogP contribution is 2.25. The summed E-state index contributed by atoms with van der Waals surface area (Å²) in [5.41, 5.74) is 4.11. The maximum atomic E-state index is 12.6. The minimum Gasteiger partial charge on any atom is -0.478 e. The molecule has 0 atom stereocenters. The van der Waals surface area contributed by atoms with Crippen molar-refractivity contribution in [2.45, 2.75) is 6.92 Å². The Morgan fingerprint density at radius 3 is 2.50 bits per heavy atom.